The lowest BCUT2D eigenvalue weighted by Gasteiger charge is -2.14. The van der Waals surface area contributed by atoms with E-state index in [0.29, 0.717) is 11.3 Å². The molecule has 1 aromatic heterocycles. The average Bonchev–Trinajstić information content (AvgIpc) is 3.14. The first-order valence-electron chi connectivity index (χ1n) is 9.83. The topological polar surface area (TPSA) is 64.1 Å². The lowest BCUT2D eigenvalue weighted by molar-refractivity contribution is -0.137. The highest BCUT2D eigenvalue weighted by atomic mass is 19.4. The number of hydrogen-bond donors (Lipinski definition) is 1. The van der Waals surface area contributed by atoms with E-state index in [0.717, 1.165) is 30.5 Å². The summed E-state index contributed by atoms with van der Waals surface area (Å²) in [6, 6.07) is 14.1. The van der Waals surface area contributed by atoms with Gasteiger partial charge in [0.25, 0.3) is 5.91 Å². The molecular weight excluding hydrogens is 407 g/mol. The Morgan fingerprint density at radius 1 is 1.13 bits per heavy atom. The molecule has 1 atom stereocenters. The van der Waals surface area contributed by atoms with Crippen LogP contribution in [0.25, 0.3) is 11.4 Å². The van der Waals surface area contributed by atoms with Gasteiger partial charge in [-0.25, -0.2) is 4.98 Å². The van der Waals surface area contributed by atoms with Gasteiger partial charge in [0.1, 0.15) is 0 Å². The molecule has 1 aliphatic rings. The molecule has 0 aliphatic heterocycles. The monoisotopic (exact) mass is 427 g/mol. The maximum atomic E-state index is 12.8. The Bertz CT molecular complexity index is 1100. The van der Waals surface area contributed by atoms with Crippen molar-refractivity contribution in [3.8, 4) is 17.3 Å². The van der Waals surface area contributed by atoms with Crippen molar-refractivity contribution in [1.82, 2.24) is 15.3 Å². The van der Waals surface area contributed by atoms with Crippen molar-refractivity contribution < 1.29 is 22.7 Å². The highest BCUT2D eigenvalue weighted by Gasteiger charge is 2.30. The minimum Gasteiger partial charge on any atom is -0.467 e. The van der Waals surface area contributed by atoms with Gasteiger partial charge in [-0.2, -0.15) is 18.2 Å². The zero-order valence-electron chi connectivity index (χ0n) is 16.7. The summed E-state index contributed by atoms with van der Waals surface area (Å²) in [6.45, 7) is 1.50. The third-order valence-corrected chi connectivity index (χ3v) is 5.12. The van der Waals surface area contributed by atoms with Crippen molar-refractivity contribution >= 4 is 5.91 Å². The molecule has 3 aromatic rings. The van der Waals surface area contributed by atoms with Crippen molar-refractivity contribution in [3.63, 3.8) is 0 Å². The van der Waals surface area contributed by atoms with Crippen molar-refractivity contribution in [1.29, 1.82) is 0 Å². The summed E-state index contributed by atoms with van der Waals surface area (Å²) in [5, 5.41) is 2.97. The summed E-state index contributed by atoms with van der Waals surface area (Å²) in [5.74, 6) is 0.146. The lowest BCUT2D eigenvalue weighted by atomic mass is 10.1. The number of halogens is 3. The van der Waals surface area contributed by atoms with Crippen LogP contribution >= 0.6 is 0 Å². The van der Waals surface area contributed by atoms with Gasteiger partial charge in [0.05, 0.1) is 11.6 Å². The zero-order valence-corrected chi connectivity index (χ0v) is 16.7. The smallest absolute Gasteiger partial charge is 0.416 e. The normalized spacial score (nSPS) is 15.4. The fourth-order valence-electron chi connectivity index (χ4n) is 3.63. The van der Waals surface area contributed by atoms with Gasteiger partial charge in [0.2, 0.25) is 5.88 Å². The number of fused-ring (bicyclic) bond motifs is 1. The first kappa shape index (κ1) is 20.8. The number of aryl methyl sites for hydroxylation is 2. The summed E-state index contributed by atoms with van der Waals surface area (Å²) in [7, 11) is 0. The van der Waals surface area contributed by atoms with Crippen molar-refractivity contribution in [2.75, 3.05) is 6.61 Å². The van der Waals surface area contributed by atoms with Crippen molar-refractivity contribution in [2.45, 2.75) is 32.0 Å². The second-order valence-corrected chi connectivity index (χ2v) is 7.39. The minimum atomic E-state index is -4.41. The Hall–Kier alpha value is -3.42. The third kappa shape index (κ3) is 4.84. The molecule has 0 fully saturated rings. The number of benzene rings is 2. The number of carbonyl (C=O) groups is 1. The van der Waals surface area contributed by atoms with Crippen molar-refractivity contribution in [3.05, 3.63) is 77.0 Å². The number of amides is 1. The van der Waals surface area contributed by atoms with E-state index in [-0.39, 0.29) is 30.3 Å². The third-order valence-electron chi connectivity index (χ3n) is 5.12. The fraction of sp³-hybridized carbons (Fsp3) is 0.261. The van der Waals surface area contributed by atoms with Crippen LogP contribution in [0.4, 0.5) is 13.2 Å². The molecule has 2 aromatic carbocycles. The molecule has 0 bridgehead atoms. The molecule has 1 aliphatic carbocycles. The number of rotatable bonds is 5. The van der Waals surface area contributed by atoms with Gasteiger partial charge in [-0.15, -0.1) is 0 Å². The molecule has 0 saturated heterocycles. The molecular formula is C23H20F3N3O2. The molecule has 31 heavy (non-hydrogen) atoms. The molecule has 160 valence electrons. The number of aromatic nitrogens is 2. The molecule has 0 spiro atoms. The fourth-order valence-corrected chi connectivity index (χ4v) is 3.63. The highest BCUT2D eigenvalue weighted by Crippen LogP contribution is 2.31. The van der Waals surface area contributed by atoms with Crippen LogP contribution in [0, 0.1) is 6.92 Å². The predicted octanol–water partition coefficient (Wildman–Crippen LogP) is 4.65. The van der Waals surface area contributed by atoms with Gasteiger partial charge < -0.3 is 10.1 Å². The van der Waals surface area contributed by atoms with E-state index >= 15 is 0 Å². The zero-order chi connectivity index (χ0) is 22.0. The molecule has 1 amide bonds. The number of alkyl halides is 3. The number of carbonyl (C=O) groups excluding carboxylic acids is 1. The van der Waals surface area contributed by atoms with Crippen LogP contribution in [0.3, 0.4) is 0 Å². The Morgan fingerprint density at radius 3 is 2.61 bits per heavy atom. The summed E-state index contributed by atoms with van der Waals surface area (Å²) in [4.78, 5) is 20.9. The first-order chi connectivity index (χ1) is 14.8. The number of nitrogens with zero attached hydrogens (tertiary/aromatic N) is 2. The SMILES string of the molecule is Cc1cc(OCC(=O)N[C@@H]2CCc3ccccc32)nc(-c2ccc(C(F)(F)F)cc2)n1. The summed E-state index contributed by atoms with van der Waals surface area (Å²) < 4.78 is 43.8. The van der Waals surface area contributed by atoms with E-state index in [2.05, 4.69) is 21.4 Å². The Morgan fingerprint density at radius 2 is 1.87 bits per heavy atom. The standard InChI is InChI=1S/C23H20F3N3O2/c1-14-12-21(29-22(27-14)16-6-9-17(10-7-16)23(24,25)26)31-13-20(30)28-19-11-8-15-4-2-3-5-18(15)19/h2-7,9-10,12,19H,8,11,13H2,1H3,(H,28,30)/t19-/m1/s1. The van der Waals surface area contributed by atoms with Gasteiger partial charge in [-0.3, -0.25) is 4.79 Å². The van der Waals surface area contributed by atoms with Crippen LogP contribution in [-0.2, 0) is 17.4 Å². The molecule has 1 N–H and O–H groups in total. The van der Waals surface area contributed by atoms with Gasteiger partial charge in [0.15, 0.2) is 12.4 Å². The molecule has 0 radical (unpaired) electrons. The van der Waals surface area contributed by atoms with E-state index in [1.165, 1.54) is 17.7 Å². The molecule has 1 heterocycles. The Balaban J connectivity index is 1.41. The number of ether oxygens (including phenoxy) is 1. The second kappa shape index (κ2) is 8.37. The highest BCUT2D eigenvalue weighted by molar-refractivity contribution is 5.78. The number of hydrogen-bond acceptors (Lipinski definition) is 4. The van der Waals surface area contributed by atoms with E-state index in [9.17, 15) is 18.0 Å². The summed E-state index contributed by atoms with van der Waals surface area (Å²) in [5.41, 5.74) is 2.61. The van der Waals surface area contributed by atoms with Crippen LogP contribution in [0.5, 0.6) is 5.88 Å². The van der Waals surface area contributed by atoms with E-state index in [1.54, 1.807) is 13.0 Å². The first-order valence-corrected chi connectivity index (χ1v) is 9.83. The van der Waals surface area contributed by atoms with Gasteiger partial charge in [-0.1, -0.05) is 36.4 Å². The summed E-state index contributed by atoms with van der Waals surface area (Å²) >= 11 is 0. The molecule has 5 nitrogen and oxygen atoms in total. The maximum Gasteiger partial charge on any atom is 0.416 e. The van der Waals surface area contributed by atoms with Crippen molar-refractivity contribution in [2.24, 2.45) is 0 Å². The number of nitrogens with one attached hydrogen (secondary N) is 1. The molecule has 4 rings (SSSR count). The van der Waals surface area contributed by atoms with Crippen LogP contribution in [-0.4, -0.2) is 22.5 Å². The Kier molecular flexibility index (Phi) is 5.63. The predicted molar refractivity (Wildman–Crippen MR) is 108 cm³/mol. The van der Waals surface area contributed by atoms with Crippen LogP contribution in [0.2, 0.25) is 0 Å². The average molecular weight is 427 g/mol. The lowest BCUT2D eigenvalue weighted by Crippen LogP contribution is -2.31. The largest absolute Gasteiger partial charge is 0.467 e. The molecule has 0 saturated carbocycles. The maximum absolute atomic E-state index is 12.8. The van der Waals surface area contributed by atoms with Crippen LogP contribution in [0.15, 0.2) is 54.6 Å². The van der Waals surface area contributed by atoms with Crippen LogP contribution < -0.4 is 10.1 Å². The quantitative estimate of drug-likeness (QED) is 0.644. The van der Waals surface area contributed by atoms with E-state index in [1.807, 2.05) is 18.2 Å². The molecule has 8 heteroatoms. The van der Waals surface area contributed by atoms with Gasteiger partial charge in [0, 0.05) is 17.3 Å². The second-order valence-electron chi connectivity index (χ2n) is 7.39. The minimum absolute atomic E-state index is 0.0397. The van der Waals surface area contributed by atoms with E-state index < -0.39 is 11.7 Å². The summed E-state index contributed by atoms with van der Waals surface area (Å²) in [6.07, 6.45) is -2.65. The van der Waals surface area contributed by atoms with Gasteiger partial charge >= 0.3 is 6.18 Å². The Labute approximate surface area is 177 Å². The van der Waals surface area contributed by atoms with E-state index in [4.69, 9.17) is 4.74 Å². The van der Waals surface area contributed by atoms with Crippen LogP contribution in [0.1, 0.15) is 34.8 Å². The van der Waals surface area contributed by atoms with Gasteiger partial charge in [-0.05, 0) is 43.0 Å². The molecule has 0 unspecified atom stereocenters.